The number of ether oxygens (including phenoxy) is 1. The molecule has 0 aliphatic rings. The lowest BCUT2D eigenvalue weighted by Crippen LogP contribution is -2.26. The summed E-state index contributed by atoms with van der Waals surface area (Å²) in [4.78, 5) is -1.12. The number of rotatable bonds is 11. The molecule has 0 fully saturated rings. The molecule has 0 unspecified atom stereocenters. The van der Waals surface area contributed by atoms with E-state index in [1.807, 2.05) is 25.1 Å². The number of aromatic nitrogens is 2. The summed E-state index contributed by atoms with van der Waals surface area (Å²) in [5, 5.41) is 21.9. The minimum atomic E-state index is -4.63. The third-order valence-corrected chi connectivity index (χ3v) is 6.85. The number of aryl methyl sites for hydroxylation is 1. The van der Waals surface area contributed by atoms with E-state index in [1.54, 1.807) is 6.07 Å². The Bertz CT molecular complexity index is 1440. The number of fused-ring (bicyclic) bond motifs is 1. The molecule has 189 valence electrons. The van der Waals surface area contributed by atoms with Crippen molar-refractivity contribution in [2.75, 3.05) is 19.7 Å². The third kappa shape index (κ3) is 5.81. The summed E-state index contributed by atoms with van der Waals surface area (Å²) < 4.78 is 62.0. The Kier molecular flexibility index (Phi) is 7.82. The number of aromatic amines is 1. The van der Waals surface area contributed by atoms with Crippen LogP contribution < -0.4 is 14.8 Å². The molecule has 0 spiro atoms. The summed E-state index contributed by atoms with van der Waals surface area (Å²) in [5.74, 6) is -1.76. The molecule has 36 heavy (non-hydrogen) atoms. The van der Waals surface area contributed by atoms with E-state index in [0.29, 0.717) is 24.5 Å². The molecule has 0 saturated carbocycles. The monoisotopic (exact) mass is 515 g/mol. The Hall–Kier alpha value is -3.54. The highest BCUT2D eigenvalue weighted by atomic mass is 32.2. The number of H-pyrrole nitrogens is 1. The highest BCUT2D eigenvalue weighted by molar-refractivity contribution is 7.89. The predicted molar refractivity (Wildman–Crippen MR) is 131 cm³/mol. The minimum Gasteiger partial charge on any atom is -0.492 e. The second kappa shape index (κ2) is 11.0. The quantitative estimate of drug-likeness (QED) is 0.262. The summed E-state index contributed by atoms with van der Waals surface area (Å²) in [6.45, 7) is 3.01. The molecule has 0 aliphatic carbocycles. The van der Waals surface area contributed by atoms with Crippen LogP contribution in [0.15, 0.2) is 65.6 Å². The Morgan fingerprint density at radius 2 is 1.86 bits per heavy atom. The lowest BCUT2D eigenvalue weighted by atomic mass is 10.1. The number of hydrogen-bond acceptors (Lipinski definition) is 6. The number of hydrogen-bond donors (Lipinski definition) is 3. The van der Waals surface area contributed by atoms with Gasteiger partial charge < -0.3 is 15.2 Å². The fraction of sp³-hybridized carbons (Fsp3) is 0.240. The maximum absolute atomic E-state index is 13.9. The maximum Gasteiger partial charge on any atom is 0.288 e. The van der Waals surface area contributed by atoms with E-state index in [0.717, 1.165) is 41.2 Å². The van der Waals surface area contributed by atoms with Gasteiger partial charge in [-0.25, -0.2) is 8.78 Å². The van der Waals surface area contributed by atoms with Crippen molar-refractivity contribution in [3.63, 3.8) is 0 Å². The molecule has 1 heterocycles. The molecular formula is C25H25F2N4O4S. The summed E-state index contributed by atoms with van der Waals surface area (Å²) in [7, 11) is -4.63. The van der Waals surface area contributed by atoms with Crippen LogP contribution in [-0.2, 0) is 16.4 Å². The van der Waals surface area contributed by atoms with Gasteiger partial charge in [-0.1, -0.05) is 25.1 Å². The molecule has 3 aromatic carbocycles. The molecule has 8 nitrogen and oxygen atoms in total. The number of aliphatic hydroxyl groups excluding tert-OH is 1. The first-order chi connectivity index (χ1) is 17.3. The van der Waals surface area contributed by atoms with E-state index in [9.17, 15) is 22.3 Å². The fourth-order valence-corrected chi connectivity index (χ4v) is 4.83. The molecule has 0 aliphatic heterocycles. The van der Waals surface area contributed by atoms with Gasteiger partial charge in [0.2, 0.25) is 0 Å². The zero-order valence-electron chi connectivity index (χ0n) is 19.4. The molecule has 1 aromatic heterocycles. The van der Waals surface area contributed by atoms with Crippen molar-refractivity contribution in [1.82, 2.24) is 20.2 Å². The average Bonchev–Trinajstić information content (AvgIpc) is 3.25. The van der Waals surface area contributed by atoms with E-state index in [-0.39, 0.29) is 12.2 Å². The second-order valence-electron chi connectivity index (χ2n) is 8.01. The molecule has 1 radical (unpaired) electrons. The second-order valence-corrected chi connectivity index (χ2v) is 9.55. The predicted octanol–water partition coefficient (Wildman–Crippen LogP) is 3.73. The van der Waals surface area contributed by atoms with Crippen LogP contribution in [0.5, 0.6) is 5.75 Å². The topological polar surface area (TPSA) is 118 Å². The van der Waals surface area contributed by atoms with Gasteiger partial charge >= 0.3 is 0 Å². The minimum absolute atomic E-state index is 0.0574. The normalized spacial score (nSPS) is 12.6. The zero-order chi connectivity index (χ0) is 25.7. The van der Waals surface area contributed by atoms with Gasteiger partial charge in [0.05, 0.1) is 23.0 Å². The van der Waals surface area contributed by atoms with Gasteiger partial charge in [0.25, 0.3) is 10.0 Å². The van der Waals surface area contributed by atoms with Gasteiger partial charge in [0.15, 0.2) is 4.90 Å². The van der Waals surface area contributed by atoms with Crippen molar-refractivity contribution in [2.45, 2.75) is 24.3 Å². The van der Waals surface area contributed by atoms with Crippen molar-refractivity contribution >= 4 is 26.6 Å². The summed E-state index contributed by atoms with van der Waals surface area (Å²) in [5.41, 5.74) is 2.24. The van der Waals surface area contributed by atoms with Gasteiger partial charge in [0, 0.05) is 24.5 Å². The van der Waals surface area contributed by atoms with Crippen LogP contribution in [0.1, 0.15) is 24.3 Å². The van der Waals surface area contributed by atoms with Crippen LogP contribution in [0.3, 0.4) is 0 Å². The Morgan fingerprint density at radius 1 is 1.11 bits per heavy atom. The van der Waals surface area contributed by atoms with E-state index >= 15 is 0 Å². The fourth-order valence-electron chi connectivity index (χ4n) is 3.71. The molecule has 4 rings (SSSR count). The van der Waals surface area contributed by atoms with E-state index in [4.69, 9.17) is 4.74 Å². The van der Waals surface area contributed by atoms with Crippen molar-refractivity contribution in [3.8, 4) is 5.75 Å². The first-order valence-electron chi connectivity index (χ1n) is 11.3. The lowest BCUT2D eigenvalue weighted by molar-refractivity contribution is 0.172. The first-order valence-corrected chi connectivity index (χ1v) is 12.7. The van der Waals surface area contributed by atoms with Crippen LogP contribution in [0.25, 0.3) is 10.9 Å². The maximum atomic E-state index is 13.9. The Labute approximate surface area is 207 Å². The number of benzene rings is 3. The van der Waals surface area contributed by atoms with Crippen LogP contribution in [-0.4, -0.2) is 43.4 Å². The highest BCUT2D eigenvalue weighted by Gasteiger charge is 2.26. The average molecular weight is 516 g/mol. The van der Waals surface area contributed by atoms with E-state index in [1.165, 1.54) is 18.2 Å². The smallest absolute Gasteiger partial charge is 0.288 e. The van der Waals surface area contributed by atoms with Gasteiger partial charge in [-0.2, -0.15) is 18.2 Å². The van der Waals surface area contributed by atoms with Crippen molar-refractivity contribution in [1.29, 1.82) is 0 Å². The summed E-state index contributed by atoms with van der Waals surface area (Å²) >= 11 is 0. The Morgan fingerprint density at radius 3 is 2.61 bits per heavy atom. The number of nitrogens with zero attached hydrogens (tertiary/aromatic N) is 2. The molecule has 1 atom stereocenters. The SMILES string of the molecule is CCc1n[nH]c2cc(OCCNC[C@H](O)c3cccc([N]S(=O)(=O)c4c(F)cccc4F)c3)ccc12. The van der Waals surface area contributed by atoms with Gasteiger partial charge in [-0.15, -0.1) is 0 Å². The molecule has 0 bridgehead atoms. The summed E-state index contributed by atoms with van der Waals surface area (Å²) in [6, 6.07) is 14.3. The molecule has 0 amide bonds. The van der Waals surface area contributed by atoms with Gasteiger partial charge in [0.1, 0.15) is 24.0 Å². The summed E-state index contributed by atoms with van der Waals surface area (Å²) in [6.07, 6.45) is -0.134. The molecule has 11 heteroatoms. The van der Waals surface area contributed by atoms with Crippen LogP contribution >= 0.6 is 0 Å². The van der Waals surface area contributed by atoms with Gasteiger partial charge in [-0.3, -0.25) is 5.10 Å². The highest BCUT2D eigenvalue weighted by Crippen LogP contribution is 2.24. The lowest BCUT2D eigenvalue weighted by Gasteiger charge is -2.14. The molecule has 4 aromatic rings. The standard InChI is InChI=1S/C25H25F2N4O4S/c1-2-22-19-10-9-18(14-23(19)30-29-22)35-12-11-28-15-24(32)16-5-3-6-17(13-16)31-36(33,34)25-20(26)7-4-8-21(25)27/h3-10,13-14,24,28,32H,2,11-12,15H2,1H3,(H,29,30)/t24-/m0/s1. The molecule has 0 saturated heterocycles. The zero-order valence-corrected chi connectivity index (χ0v) is 20.2. The number of aliphatic hydroxyl groups is 1. The van der Waals surface area contributed by atoms with Gasteiger partial charge in [-0.05, 0) is 48.4 Å². The van der Waals surface area contributed by atoms with Crippen LogP contribution in [0.4, 0.5) is 14.5 Å². The molecular weight excluding hydrogens is 490 g/mol. The largest absolute Gasteiger partial charge is 0.492 e. The third-order valence-electron chi connectivity index (χ3n) is 5.49. The van der Waals surface area contributed by atoms with Crippen molar-refractivity contribution in [3.05, 3.63) is 83.6 Å². The number of halogens is 2. The van der Waals surface area contributed by atoms with Crippen molar-refractivity contribution < 1.29 is 27.0 Å². The van der Waals surface area contributed by atoms with Crippen molar-refractivity contribution in [2.24, 2.45) is 0 Å². The number of sulfonamides is 1. The van der Waals surface area contributed by atoms with E-state index < -0.39 is 32.7 Å². The Balaban J connectivity index is 1.29. The number of nitrogens with one attached hydrogen (secondary N) is 2. The van der Waals surface area contributed by atoms with Crippen LogP contribution in [0.2, 0.25) is 0 Å². The van der Waals surface area contributed by atoms with Crippen LogP contribution in [0, 0.1) is 11.6 Å². The van der Waals surface area contributed by atoms with E-state index in [2.05, 4.69) is 20.2 Å². The first kappa shape index (κ1) is 25.5. The molecule has 3 N–H and O–H groups in total.